The lowest BCUT2D eigenvalue weighted by molar-refractivity contribution is 0.182. The Morgan fingerprint density at radius 1 is 1.56 bits per heavy atom. The minimum absolute atomic E-state index is 0.187. The highest BCUT2D eigenvalue weighted by Crippen LogP contribution is 2.28. The summed E-state index contributed by atoms with van der Waals surface area (Å²) in [6, 6.07) is 3.68. The summed E-state index contributed by atoms with van der Waals surface area (Å²) in [5.41, 5.74) is 0.630. The van der Waals surface area contributed by atoms with E-state index in [1.807, 2.05) is 6.07 Å². The van der Waals surface area contributed by atoms with Crippen LogP contribution in [0.4, 0.5) is 0 Å². The van der Waals surface area contributed by atoms with Gasteiger partial charge in [0.05, 0.1) is 6.26 Å². The van der Waals surface area contributed by atoms with Crippen molar-refractivity contribution in [3.63, 3.8) is 0 Å². The van der Waals surface area contributed by atoms with Crippen LogP contribution in [0.15, 0.2) is 27.6 Å². The first-order valence-corrected chi connectivity index (χ1v) is 5.96. The van der Waals surface area contributed by atoms with Gasteiger partial charge >= 0.3 is 5.63 Å². The average Bonchev–Trinajstić information content (AvgIpc) is 2.80. The first kappa shape index (κ1) is 11.4. The highest BCUT2D eigenvalue weighted by Gasteiger charge is 2.22. The molecule has 0 bridgehead atoms. The third kappa shape index (κ3) is 2.53. The zero-order valence-corrected chi connectivity index (χ0v) is 9.65. The Labute approximate surface area is 95.4 Å². The van der Waals surface area contributed by atoms with Gasteiger partial charge in [0.2, 0.25) is 0 Å². The lowest BCUT2D eigenvalue weighted by atomic mass is 9.87. The van der Waals surface area contributed by atoms with E-state index in [0.717, 1.165) is 38.0 Å². The van der Waals surface area contributed by atoms with E-state index in [9.17, 15) is 4.79 Å². The fourth-order valence-electron chi connectivity index (χ4n) is 2.37. The molecule has 0 aromatic carbocycles. The molecule has 1 saturated heterocycles. The lowest BCUT2D eigenvalue weighted by Gasteiger charge is -2.17. The van der Waals surface area contributed by atoms with Gasteiger partial charge in [-0.1, -0.05) is 6.92 Å². The van der Waals surface area contributed by atoms with Gasteiger partial charge in [-0.15, -0.1) is 0 Å². The fourth-order valence-corrected chi connectivity index (χ4v) is 2.37. The molecule has 0 radical (unpaired) electrons. The summed E-state index contributed by atoms with van der Waals surface area (Å²) < 4.78 is 10.3. The van der Waals surface area contributed by atoms with Crippen LogP contribution in [0.5, 0.6) is 0 Å². The maximum Gasteiger partial charge on any atom is 0.339 e. The fraction of sp³-hybridized carbons (Fsp3) is 0.615. The summed E-state index contributed by atoms with van der Waals surface area (Å²) in [6.45, 7) is 3.83. The van der Waals surface area contributed by atoms with E-state index in [1.54, 1.807) is 6.07 Å². The third-order valence-corrected chi connectivity index (χ3v) is 3.34. The van der Waals surface area contributed by atoms with Gasteiger partial charge in [-0.2, -0.15) is 0 Å². The average molecular weight is 222 g/mol. The second kappa shape index (κ2) is 5.30. The smallest absolute Gasteiger partial charge is 0.339 e. The maximum atomic E-state index is 11.6. The summed E-state index contributed by atoms with van der Waals surface area (Å²) in [4.78, 5) is 11.6. The van der Waals surface area contributed by atoms with Crippen LogP contribution < -0.4 is 5.63 Å². The highest BCUT2D eigenvalue weighted by molar-refractivity contribution is 5.13. The topological polar surface area (TPSA) is 39.4 Å². The van der Waals surface area contributed by atoms with Crippen molar-refractivity contribution in [3.8, 4) is 0 Å². The van der Waals surface area contributed by atoms with E-state index >= 15 is 0 Å². The van der Waals surface area contributed by atoms with E-state index in [-0.39, 0.29) is 5.63 Å². The first-order valence-electron chi connectivity index (χ1n) is 5.96. The van der Waals surface area contributed by atoms with Crippen LogP contribution in [-0.4, -0.2) is 13.2 Å². The number of rotatable bonds is 4. The van der Waals surface area contributed by atoms with E-state index in [4.69, 9.17) is 9.15 Å². The molecule has 88 valence electrons. The SMILES string of the molecule is CCC(CC1CCOC1)c1cccoc1=O. The van der Waals surface area contributed by atoms with Crippen LogP contribution in [0.3, 0.4) is 0 Å². The Balaban J connectivity index is 2.09. The van der Waals surface area contributed by atoms with Crippen LogP contribution in [-0.2, 0) is 4.74 Å². The first-order chi connectivity index (χ1) is 7.81. The molecule has 1 aliphatic heterocycles. The lowest BCUT2D eigenvalue weighted by Crippen LogP contribution is -2.15. The third-order valence-electron chi connectivity index (χ3n) is 3.34. The predicted molar refractivity (Wildman–Crippen MR) is 61.6 cm³/mol. The van der Waals surface area contributed by atoms with Gasteiger partial charge in [-0.05, 0) is 43.2 Å². The normalized spacial score (nSPS) is 22.2. The zero-order chi connectivity index (χ0) is 11.4. The van der Waals surface area contributed by atoms with Crippen LogP contribution in [0.25, 0.3) is 0 Å². The highest BCUT2D eigenvalue weighted by atomic mass is 16.5. The Hall–Kier alpha value is -1.09. The summed E-state index contributed by atoms with van der Waals surface area (Å²) in [7, 11) is 0. The summed E-state index contributed by atoms with van der Waals surface area (Å²) in [5.74, 6) is 0.911. The van der Waals surface area contributed by atoms with Crippen molar-refractivity contribution in [2.45, 2.75) is 32.1 Å². The van der Waals surface area contributed by atoms with Crippen LogP contribution >= 0.6 is 0 Å². The van der Waals surface area contributed by atoms with E-state index in [2.05, 4.69) is 6.92 Å². The largest absolute Gasteiger partial charge is 0.431 e. The Kier molecular flexibility index (Phi) is 3.78. The van der Waals surface area contributed by atoms with Crippen LogP contribution in [0.1, 0.15) is 37.7 Å². The molecule has 2 unspecified atom stereocenters. The van der Waals surface area contributed by atoms with Crippen molar-refractivity contribution >= 4 is 0 Å². The molecular formula is C13H18O3. The van der Waals surface area contributed by atoms with E-state index in [0.29, 0.717) is 11.8 Å². The molecule has 1 aromatic heterocycles. The zero-order valence-electron chi connectivity index (χ0n) is 9.65. The molecule has 3 heteroatoms. The molecule has 1 aromatic rings. The molecular weight excluding hydrogens is 204 g/mol. The molecule has 2 heterocycles. The molecule has 0 N–H and O–H groups in total. The molecule has 0 amide bonds. The molecule has 3 nitrogen and oxygen atoms in total. The van der Waals surface area contributed by atoms with Gasteiger partial charge < -0.3 is 9.15 Å². The quantitative estimate of drug-likeness (QED) is 0.786. The molecule has 2 rings (SSSR count). The van der Waals surface area contributed by atoms with Gasteiger partial charge in [-0.3, -0.25) is 0 Å². The minimum Gasteiger partial charge on any atom is -0.431 e. The summed E-state index contributed by atoms with van der Waals surface area (Å²) in [5, 5.41) is 0. The van der Waals surface area contributed by atoms with Gasteiger partial charge in [0.25, 0.3) is 0 Å². The summed E-state index contributed by atoms with van der Waals surface area (Å²) >= 11 is 0. The number of ether oxygens (including phenoxy) is 1. The maximum absolute atomic E-state index is 11.6. The van der Waals surface area contributed by atoms with Crippen molar-refractivity contribution in [1.82, 2.24) is 0 Å². The van der Waals surface area contributed by atoms with Crippen molar-refractivity contribution in [2.75, 3.05) is 13.2 Å². The molecule has 0 aliphatic carbocycles. The van der Waals surface area contributed by atoms with Crippen molar-refractivity contribution in [1.29, 1.82) is 0 Å². The van der Waals surface area contributed by atoms with E-state index in [1.165, 1.54) is 6.26 Å². The van der Waals surface area contributed by atoms with Crippen molar-refractivity contribution in [2.24, 2.45) is 5.92 Å². The van der Waals surface area contributed by atoms with Gasteiger partial charge in [0.1, 0.15) is 0 Å². The molecule has 1 fully saturated rings. The van der Waals surface area contributed by atoms with Gasteiger partial charge in [0, 0.05) is 18.8 Å². The van der Waals surface area contributed by atoms with Crippen LogP contribution in [0.2, 0.25) is 0 Å². The van der Waals surface area contributed by atoms with Gasteiger partial charge in [-0.25, -0.2) is 4.79 Å². The molecule has 0 saturated carbocycles. The molecule has 0 spiro atoms. The van der Waals surface area contributed by atoms with Gasteiger partial charge in [0.15, 0.2) is 0 Å². The molecule has 16 heavy (non-hydrogen) atoms. The monoisotopic (exact) mass is 222 g/mol. The predicted octanol–water partition coefficient (Wildman–Crippen LogP) is 2.56. The minimum atomic E-state index is -0.187. The second-order valence-corrected chi connectivity index (χ2v) is 4.43. The van der Waals surface area contributed by atoms with E-state index < -0.39 is 0 Å². The molecule has 2 atom stereocenters. The Bertz CT molecular complexity index is 377. The standard InChI is InChI=1S/C13H18O3/c1-2-11(8-10-5-7-15-9-10)12-4-3-6-16-13(12)14/h3-4,6,10-11H,2,5,7-9H2,1H3. The second-order valence-electron chi connectivity index (χ2n) is 4.43. The van der Waals surface area contributed by atoms with Crippen molar-refractivity contribution < 1.29 is 9.15 Å². The van der Waals surface area contributed by atoms with Crippen LogP contribution in [0, 0.1) is 5.92 Å². The van der Waals surface area contributed by atoms with Crippen molar-refractivity contribution in [3.05, 3.63) is 34.4 Å². The number of hydrogen-bond acceptors (Lipinski definition) is 3. The summed E-state index contributed by atoms with van der Waals surface area (Å²) in [6.07, 6.45) is 4.57. The Morgan fingerprint density at radius 2 is 2.44 bits per heavy atom. The molecule has 1 aliphatic rings. The Morgan fingerprint density at radius 3 is 3.06 bits per heavy atom. The number of hydrogen-bond donors (Lipinski definition) is 0.